The number of aromatic nitrogens is 2. The molecule has 26 heavy (non-hydrogen) atoms. The molecule has 0 atom stereocenters. The fourth-order valence-corrected chi connectivity index (χ4v) is 3.95. The fraction of sp³-hybridized carbons (Fsp3) is 0.500. The van der Waals surface area contributed by atoms with Crippen molar-refractivity contribution in [2.45, 2.75) is 19.3 Å². The monoisotopic (exact) mass is 376 g/mol. The Morgan fingerprint density at radius 1 is 1.31 bits per heavy atom. The zero-order chi connectivity index (χ0) is 18.4. The normalized spacial score (nSPS) is 16.2. The van der Waals surface area contributed by atoms with Crippen LogP contribution in [0, 0.1) is 5.41 Å². The molecule has 3 rings (SSSR count). The Kier molecular flexibility index (Phi) is 6.18. The SMILES string of the molecule is COCC1(C(=O)Nc2nnc(Cc3cccc(OC)c3)s2)CCNCC1. The van der Waals surface area contributed by atoms with E-state index in [9.17, 15) is 4.79 Å². The van der Waals surface area contributed by atoms with Crippen molar-refractivity contribution in [1.82, 2.24) is 15.5 Å². The zero-order valence-electron chi connectivity index (χ0n) is 15.1. The summed E-state index contributed by atoms with van der Waals surface area (Å²) in [6, 6.07) is 7.85. The Bertz CT molecular complexity index is 738. The molecule has 2 N–H and O–H groups in total. The van der Waals surface area contributed by atoms with E-state index in [1.807, 2.05) is 24.3 Å². The van der Waals surface area contributed by atoms with E-state index in [0.717, 1.165) is 42.3 Å². The molecule has 1 amide bonds. The minimum atomic E-state index is -0.501. The van der Waals surface area contributed by atoms with Gasteiger partial charge >= 0.3 is 0 Å². The quantitative estimate of drug-likeness (QED) is 0.770. The van der Waals surface area contributed by atoms with Crippen LogP contribution in [0.4, 0.5) is 5.13 Å². The van der Waals surface area contributed by atoms with Crippen molar-refractivity contribution in [2.24, 2.45) is 5.41 Å². The third-order valence-electron chi connectivity index (χ3n) is 4.64. The number of piperidine rings is 1. The van der Waals surface area contributed by atoms with Gasteiger partial charge in [-0.1, -0.05) is 23.5 Å². The van der Waals surface area contributed by atoms with Gasteiger partial charge in [0.15, 0.2) is 0 Å². The molecule has 1 saturated heterocycles. The number of nitrogens with zero attached hydrogens (tertiary/aromatic N) is 2. The summed E-state index contributed by atoms with van der Waals surface area (Å²) in [5.74, 6) is 0.776. The Morgan fingerprint density at radius 2 is 2.12 bits per heavy atom. The van der Waals surface area contributed by atoms with Gasteiger partial charge in [0.25, 0.3) is 0 Å². The number of ether oxygens (including phenoxy) is 2. The van der Waals surface area contributed by atoms with E-state index in [0.29, 0.717) is 18.2 Å². The van der Waals surface area contributed by atoms with Crippen LogP contribution >= 0.6 is 11.3 Å². The third-order valence-corrected chi connectivity index (χ3v) is 5.48. The second-order valence-electron chi connectivity index (χ2n) is 6.45. The summed E-state index contributed by atoms with van der Waals surface area (Å²) in [5.41, 5.74) is 0.589. The molecule has 0 bridgehead atoms. The Hall–Kier alpha value is -2.03. The van der Waals surface area contributed by atoms with Crippen molar-refractivity contribution in [3.8, 4) is 5.75 Å². The number of hydrogen-bond donors (Lipinski definition) is 2. The average molecular weight is 376 g/mol. The van der Waals surface area contributed by atoms with Crippen LogP contribution in [0.1, 0.15) is 23.4 Å². The molecule has 2 aromatic rings. The van der Waals surface area contributed by atoms with E-state index in [1.54, 1.807) is 14.2 Å². The number of hydrogen-bond acceptors (Lipinski definition) is 7. The first-order valence-corrected chi connectivity index (χ1v) is 9.43. The number of benzene rings is 1. The van der Waals surface area contributed by atoms with Gasteiger partial charge in [-0.2, -0.15) is 0 Å². The lowest BCUT2D eigenvalue weighted by Gasteiger charge is -2.35. The highest BCUT2D eigenvalue weighted by Crippen LogP contribution is 2.31. The molecule has 7 nitrogen and oxygen atoms in total. The number of amides is 1. The highest BCUT2D eigenvalue weighted by Gasteiger charge is 2.40. The maximum absolute atomic E-state index is 12.8. The molecule has 1 aromatic carbocycles. The van der Waals surface area contributed by atoms with Crippen LogP contribution < -0.4 is 15.4 Å². The van der Waals surface area contributed by atoms with Crippen molar-refractivity contribution < 1.29 is 14.3 Å². The van der Waals surface area contributed by atoms with E-state index >= 15 is 0 Å². The third kappa shape index (κ3) is 4.38. The lowest BCUT2D eigenvalue weighted by Crippen LogP contribution is -2.47. The first-order chi connectivity index (χ1) is 12.6. The molecule has 0 saturated carbocycles. The topological polar surface area (TPSA) is 85.4 Å². The highest BCUT2D eigenvalue weighted by atomic mass is 32.1. The highest BCUT2D eigenvalue weighted by molar-refractivity contribution is 7.15. The molecule has 0 spiro atoms. The number of rotatable bonds is 7. The standard InChI is InChI=1S/C18H24N4O3S/c1-24-12-18(6-8-19-9-7-18)16(23)20-17-22-21-15(26-17)11-13-4-3-5-14(10-13)25-2/h3-5,10,19H,6-9,11-12H2,1-2H3,(H,20,22,23). The molecule has 8 heteroatoms. The predicted octanol–water partition coefficient (Wildman–Crippen LogP) is 2.09. The van der Waals surface area contributed by atoms with Gasteiger partial charge in [0.1, 0.15) is 10.8 Å². The van der Waals surface area contributed by atoms with Crippen molar-refractivity contribution in [3.05, 3.63) is 34.8 Å². The van der Waals surface area contributed by atoms with Gasteiger partial charge in [0.2, 0.25) is 11.0 Å². The summed E-state index contributed by atoms with van der Waals surface area (Å²) in [6.07, 6.45) is 2.15. The van der Waals surface area contributed by atoms with Crippen LogP contribution in [0.2, 0.25) is 0 Å². The van der Waals surface area contributed by atoms with E-state index in [4.69, 9.17) is 9.47 Å². The second kappa shape index (κ2) is 8.57. The summed E-state index contributed by atoms with van der Waals surface area (Å²) >= 11 is 1.40. The molecule has 1 aliphatic heterocycles. The van der Waals surface area contributed by atoms with E-state index < -0.39 is 5.41 Å². The Balaban J connectivity index is 1.66. The van der Waals surface area contributed by atoms with E-state index in [-0.39, 0.29) is 5.91 Å². The van der Waals surface area contributed by atoms with Crippen molar-refractivity contribution in [3.63, 3.8) is 0 Å². The van der Waals surface area contributed by atoms with Crippen LogP contribution in [0.15, 0.2) is 24.3 Å². The molecular formula is C18H24N4O3S. The molecule has 0 unspecified atom stereocenters. The average Bonchev–Trinajstić information content (AvgIpc) is 3.09. The molecule has 0 aliphatic carbocycles. The molecule has 0 radical (unpaired) electrons. The number of carbonyl (C=O) groups is 1. The molecule has 1 aliphatic rings. The zero-order valence-corrected chi connectivity index (χ0v) is 15.9. The molecular weight excluding hydrogens is 352 g/mol. The van der Waals surface area contributed by atoms with Gasteiger partial charge < -0.3 is 14.8 Å². The summed E-state index contributed by atoms with van der Waals surface area (Å²) in [7, 11) is 3.28. The number of anilines is 1. The van der Waals surface area contributed by atoms with Crippen LogP contribution in [0.3, 0.4) is 0 Å². The summed E-state index contributed by atoms with van der Waals surface area (Å²) < 4.78 is 10.6. The lowest BCUT2D eigenvalue weighted by molar-refractivity contribution is -0.130. The van der Waals surface area contributed by atoms with Crippen LogP contribution in [0.25, 0.3) is 0 Å². The number of nitrogens with one attached hydrogen (secondary N) is 2. The first kappa shape index (κ1) is 18.8. The van der Waals surface area contributed by atoms with E-state index in [1.165, 1.54) is 11.3 Å². The molecule has 2 heterocycles. The Labute approximate surface area is 157 Å². The minimum Gasteiger partial charge on any atom is -0.497 e. The van der Waals surface area contributed by atoms with Gasteiger partial charge in [0.05, 0.1) is 19.1 Å². The summed E-state index contributed by atoms with van der Waals surface area (Å²) in [4.78, 5) is 12.8. The second-order valence-corrected chi connectivity index (χ2v) is 7.51. The van der Waals surface area contributed by atoms with Crippen molar-refractivity contribution in [1.29, 1.82) is 0 Å². The number of carbonyl (C=O) groups excluding carboxylic acids is 1. The van der Waals surface area contributed by atoms with Crippen molar-refractivity contribution in [2.75, 3.05) is 39.2 Å². The molecule has 140 valence electrons. The smallest absolute Gasteiger partial charge is 0.234 e. The first-order valence-electron chi connectivity index (χ1n) is 8.62. The van der Waals surface area contributed by atoms with Crippen molar-refractivity contribution >= 4 is 22.4 Å². The lowest BCUT2D eigenvalue weighted by atomic mass is 9.79. The van der Waals surface area contributed by atoms with Gasteiger partial charge in [-0.05, 0) is 43.6 Å². The van der Waals surface area contributed by atoms with Gasteiger partial charge in [-0.15, -0.1) is 10.2 Å². The summed E-state index contributed by atoms with van der Waals surface area (Å²) in [5, 5.41) is 15.9. The minimum absolute atomic E-state index is 0.0371. The largest absolute Gasteiger partial charge is 0.497 e. The number of methoxy groups -OCH3 is 2. The van der Waals surface area contributed by atoms with Gasteiger partial charge in [-0.3, -0.25) is 10.1 Å². The fourth-order valence-electron chi connectivity index (χ4n) is 3.18. The predicted molar refractivity (Wildman–Crippen MR) is 101 cm³/mol. The van der Waals surface area contributed by atoms with Crippen LogP contribution in [-0.2, 0) is 16.0 Å². The molecule has 1 fully saturated rings. The van der Waals surface area contributed by atoms with Crippen LogP contribution in [0.5, 0.6) is 5.75 Å². The Morgan fingerprint density at radius 3 is 2.85 bits per heavy atom. The molecule has 1 aromatic heterocycles. The van der Waals surface area contributed by atoms with Gasteiger partial charge in [-0.25, -0.2) is 0 Å². The maximum Gasteiger partial charge on any atom is 0.234 e. The van der Waals surface area contributed by atoms with Crippen LogP contribution in [-0.4, -0.2) is 50.0 Å². The summed E-state index contributed by atoms with van der Waals surface area (Å²) in [6.45, 7) is 2.04. The van der Waals surface area contributed by atoms with Gasteiger partial charge in [0, 0.05) is 13.5 Å². The maximum atomic E-state index is 12.8. The van der Waals surface area contributed by atoms with E-state index in [2.05, 4.69) is 20.8 Å².